The largest absolute Gasteiger partial charge is 0.507 e. The number of phenolic OH excluding ortho intramolecular Hbond substituents is 1. The lowest BCUT2D eigenvalue weighted by atomic mass is 9.55. The molecule has 5 atom stereocenters. The summed E-state index contributed by atoms with van der Waals surface area (Å²) < 4.78 is 0. The predicted octanol–water partition coefficient (Wildman–Crippen LogP) is 4.55. The number of rotatable bonds is 1. The van der Waals surface area contributed by atoms with Gasteiger partial charge >= 0.3 is 0 Å². The molecule has 0 unspecified atom stereocenters. The SMILES string of the molecule is C[C@]12CC[C@@H]3c4cc(N=[N+]=[N-])c(O)cc4CC[C@H]3[C@@H]1CC[C@H]2O. The van der Waals surface area contributed by atoms with Crippen LogP contribution in [0.15, 0.2) is 17.2 Å². The second kappa shape index (κ2) is 5.15. The van der Waals surface area contributed by atoms with Crippen LogP contribution in [-0.4, -0.2) is 16.3 Å². The Morgan fingerprint density at radius 3 is 2.87 bits per heavy atom. The summed E-state index contributed by atoms with van der Waals surface area (Å²) in [7, 11) is 0. The topological polar surface area (TPSA) is 89.2 Å². The van der Waals surface area contributed by atoms with Crippen LogP contribution in [0.4, 0.5) is 5.69 Å². The van der Waals surface area contributed by atoms with Crippen LogP contribution in [0.3, 0.4) is 0 Å². The van der Waals surface area contributed by atoms with Crippen LogP contribution in [0.1, 0.15) is 56.1 Å². The maximum atomic E-state index is 10.4. The number of aromatic hydroxyl groups is 1. The minimum absolute atomic E-state index is 0.0726. The van der Waals surface area contributed by atoms with E-state index in [0.29, 0.717) is 23.4 Å². The molecule has 3 aliphatic carbocycles. The maximum absolute atomic E-state index is 10.4. The second-order valence-corrected chi connectivity index (χ2v) is 7.78. The zero-order valence-electron chi connectivity index (χ0n) is 13.4. The van der Waals surface area contributed by atoms with Crippen LogP contribution in [0, 0.1) is 17.3 Å². The number of hydrogen-bond acceptors (Lipinski definition) is 3. The first-order chi connectivity index (χ1) is 11.0. The monoisotopic (exact) mass is 313 g/mol. The van der Waals surface area contributed by atoms with Crippen molar-refractivity contribution in [3.63, 3.8) is 0 Å². The van der Waals surface area contributed by atoms with Crippen LogP contribution in [0.25, 0.3) is 10.4 Å². The van der Waals surface area contributed by atoms with E-state index >= 15 is 0 Å². The molecule has 2 fully saturated rings. The van der Waals surface area contributed by atoms with Crippen molar-refractivity contribution in [1.82, 2.24) is 0 Å². The van der Waals surface area contributed by atoms with Crippen molar-refractivity contribution in [1.29, 1.82) is 0 Å². The molecule has 0 aromatic heterocycles. The van der Waals surface area contributed by atoms with Crippen molar-refractivity contribution in [2.24, 2.45) is 22.4 Å². The summed E-state index contributed by atoms with van der Waals surface area (Å²) in [5.74, 6) is 1.73. The average Bonchev–Trinajstić information content (AvgIpc) is 2.84. The number of aliphatic hydroxyl groups is 1. The lowest BCUT2D eigenvalue weighted by Crippen LogP contribution is -2.43. The number of azide groups is 1. The Hall–Kier alpha value is -1.71. The number of benzene rings is 1. The summed E-state index contributed by atoms with van der Waals surface area (Å²) in [5, 5.41) is 24.1. The van der Waals surface area contributed by atoms with Crippen molar-refractivity contribution in [3.8, 4) is 5.75 Å². The molecule has 3 aliphatic rings. The summed E-state index contributed by atoms with van der Waals surface area (Å²) in [6.45, 7) is 2.27. The summed E-state index contributed by atoms with van der Waals surface area (Å²) in [5.41, 5.74) is 11.5. The molecule has 1 aromatic carbocycles. The number of phenols is 1. The standard InChI is InChI=1S/C18H23N3O2/c1-18-7-6-11-12(14(18)4-5-17(18)23)3-2-10-8-16(22)15(20-21-19)9-13(10)11/h8-9,11-12,14,17,22-23H,2-7H2,1H3/t11-,12+,14-,17+,18-/m0/s1. The summed E-state index contributed by atoms with van der Waals surface area (Å²) in [4.78, 5) is 2.83. The quantitative estimate of drug-likeness (QED) is 0.452. The van der Waals surface area contributed by atoms with Crippen LogP contribution >= 0.6 is 0 Å². The molecule has 0 radical (unpaired) electrons. The van der Waals surface area contributed by atoms with Gasteiger partial charge in [0.15, 0.2) is 0 Å². The Balaban J connectivity index is 1.74. The molecular weight excluding hydrogens is 290 g/mol. The fraction of sp³-hybridized carbons (Fsp3) is 0.667. The summed E-state index contributed by atoms with van der Waals surface area (Å²) in [6, 6.07) is 3.68. The third-order valence-corrected chi connectivity index (χ3v) is 6.92. The van der Waals surface area contributed by atoms with Gasteiger partial charge in [-0.3, -0.25) is 0 Å². The normalized spacial score (nSPS) is 38.2. The summed E-state index contributed by atoms with van der Waals surface area (Å²) in [6.07, 6.45) is 6.10. The first-order valence-electron chi connectivity index (χ1n) is 8.63. The molecule has 0 spiro atoms. The van der Waals surface area contributed by atoms with E-state index in [1.54, 1.807) is 6.07 Å². The van der Waals surface area contributed by atoms with Gasteiger partial charge in [-0.2, -0.15) is 0 Å². The lowest BCUT2D eigenvalue weighted by molar-refractivity contribution is -0.0226. The van der Waals surface area contributed by atoms with E-state index in [-0.39, 0.29) is 17.3 Å². The lowest BCUT2D eigenvalue weighted by Gasteiger charge is -2.50. The zero-order valence-corrected chi connectivity index (χ0v) is 13.4. The number of nitrogens with zero attached hydrogens (tertiary/aromatic N) is 3. The van der Waals surface area contributed by atoms with Gasteiger partial charge in [-0.05, 0) is 90.5 Å². The number of aryl methyl sites for hydroxylation is 1. The smallest absolute Gasteiger partial charge is 0.125 e. The van der Waals surface area contributed by atoms with Gasteiger partial charge in [-0.25, -0.2) is 0 Å². The predicted molar refractivity (Wildman–Crippen MR) is 87.5 cm³/mol. The molecule has 5 heteroatoms. The van der Waals surface area contributed by atoms with Gasteiger partial charge in [-0.1, -0.05) is 12.0 Å². The highest BCUT2D eigenvalue weighted by Gasteiger charge is 2.54. The Kier molecular flexibility index (Phi) is 3.33. The highest BCUT2D eigenvalue weighted by Crippen LogP contribution is 2.61. The van der Waals surface area contributed by atoms with Crippen molar-refractivity contribution in [2.45, 2.75) is 57.5 Å². The van der Waals surface area contributed by atoms with Gasteiger partial charge < -0.3 is 10.2 Å². The van der Waals surface area contributed by atoms with Gasteiger partial charge in [0, 0.05) is 4.91 Å². The van der Waals surface area contributed by atoms with E-state index in [2.05, 4.69) is 16.9 Å². The molecule has 0 amide bonds. The molecular formula is C18H23N3O2. The number of fused-ring (bicyclic) bond motifs is 5. The fourth-order valence-electron chi connectivity index (χ4n) is 5.70. The molecule has 2 N–H and O–H groups in total. The highest BCUT2D eigenvalue weighted by molar-refractivity contribution is 5.57. The Morgan fingerprint density at radius 2 is 2.09 bits per heavy atom. The molecule has 1 aromatic rings. The van der Waals surface area contributed by atoms with Crippen LogP contribution in [0.2, 0.25) is 0 Å². The molecule has 5 nitrogen and oxygen atoms in total. The van der Waals surface area contributed by atoms with Gasteiger partial charge in [0.1, 0.15) is 5.75 Å². The molecule has 0 aliphatic heterocycles. The minimum Gasteiger partial charge on any atom is -0.507 e. The Bertz CT molecular complexity index is 698. The minimum atomic E-state index is -0.159. The molecule has 0 heterocycles. The zero-order chi connectivity index (χ0) is 16.2. The van der Waals surface area contributed by atoms with E-state index in [0.717, 1.165) is 38.5 Å². The highest BCUT2D eigenvalue weighted by atomic mass is 16.3. The van der Waals surface area contributed by atoms with Crippen molar-refractivity contribution >= 4 is 5.69 Å². The van der Waals surface area contributed by atoms with Crippen LogP contribution in [-0.2, 0) is 6.42 Å². The van der Waals surface area contributed by atoms with E-state index < -0.39 is 0 Å². The Labute approximate surface area is 136 Å². The van der Waals surface area contributed by atoms with E-state index in [4.69, 9.17) is 5.53 Å². The van der Waals surface area contributed by atoms with E-state index in [1.165, 1.54) is 11.1 Å². The van der Waals surface area contributed by atoms with Crippen molar-refractivity contribution < 1.29 is 10.2 Å². The second-order valence-electron chi connectivity index (χ2n) is 7.78. The maximum Gasteiger partial charge on any atom is 0.125 e. The molecule has 0 saturated heterocycles. The van der Waals surface area contributed by atoms with Gasteiger partial charge in [0.05, 0.1) is 11.8 Å². The molecule has 4 rings (SSSR count). The number of hydrogen-bond donors (Lipinski definition) is 2. The third kappa shape index (κ3) is 2.07. The van der Waals surface area contributed by atoms with Crippen LogP contribution in [0.5, 0.6) is 5.75 Å². The Morgan fingerprint density at radius 1 is 1.26 bits per heavy atom. The fourth-order valence-corrected chi connectivity index (χ4v) is 5.70. The van der Waals surface area contributed by atoms with E-state index in [1.807, 2.05) is 6.07 Å². The average molecular weight is 313 g/mol. The van der Waals surface area contributed by atoms with Gasteiger partial charge in [-0.15, -0.1) is 0 Å². The van der Waals surface area contributed by atoms with Crippen LogP contribution < -0.4 is 0 Å². The first-order valence-corrected chi connectivity index (χ1v) is 8.63. The molecule has 2 saturated carbocycles. The van der Waals surface area contributed by atoms with Crippen molar-refractivity contribution in [3.05, 3.63) is 33.7 Å². The van der Waals surface area contributed by atoms with E-state index in [9.17, 15) is 10.2 Å². The van der Waals surface area contributed by atoms with Gasteiger partial charge in [0.2, 0.25) is 0 Å². The summed E-state index contributed by atoms with van der Waals surface area (Å²) >= 11 is 0. The van der Waals surface area contributed by atoms with Gasteiger partial charge in [0.25, 0.3) is 0 Å². The number of aliphatic hydroxyl groups excluding tert-OH is 1. The molecule has 23 heavy (non-hydrogen) atoms. The molecule has 0 bridgehead atoms. The van der Waals surface area contributed by atoms with Crippen molar-refractivity contribution in [2.75, 3.05) is 0 Å². The molecule has 122 valence electrons. The third-order valence-electron chi connectivity index (χ3n) is 6.92. The first kappa shape index (κ1) is 14.9.